The molecule has 0 saturated carbocycles. The predicted molar refractivity (Wildman–Crippen MR) is 93.7 cm³/mol. The quantitative estimate of drug-likeness (QED) is 0.683. The van der Waals surface area contributed by atoms with Crippen LogP contribution in [-0.2, 0) is 0 Å². The van der Waals surface area contributed by atoms with Crippen LogP contribution in [0.3, 0.4) is 0 Å². The highest BCUT2D eigenvalue weighted by Gasteiger charge is 2.48. The fourth-order valence-electron chi connectivity index (χ4n) is 3.53. The summed E-state index contributed by atoms with van der Waals surface area (Å²) in [5, 5.41) is 14.8. The Morgan fingerprint density at radius 1 is 1.17 bits per heavy atom. The van der Waals surface area contributed by atoms with Gasteiger partial charge >= 0.3 is 0 Å². The van der Waals surface area contributed by atoms with E-state index in [4.69, 9.17) is 4.98 Å². The molecule has 0 radical (unpaired) electrons. The number of aromatic amines is 1. The van der Waals surface area contributed by atoms with Crippen molar-refractivity contribution in [1.82, 2.24) is 25.5 Å². The Morgan fingerprint density at radius 3 is 2.83 bits per heavy atom. The van der Waals surface area contributed by atoms with Crippen molar-refractivity contribution in [3.63, 3.8) is 0 Å². The molecular formula is C17H19N7. The van der Waals surface area contributed by atoms with E-state index in [1.54, 1.807) is 0 Å². The minimum absolute atomic E-state index is 0.465. The number of nitrogens with one attached hydrogen (secondary N) is 3. The molecule has 2 fully saturated rings. The Kier molecular flexibility index (Phi) is 2.81. The number of nitrogens with zero attached hydrogens (tertiary/aromatic N) is 4. The van der Waals surface area contributed by atoms with Crippen LogP contribution in [0.15, 0.2) is 30.5 Å². The molecule has 7 heteroatoms. The third-order valence-corrected chi connectivity index (χ3v) is 4.89. The normalized spacial score (nSPS) is 18.5. The van der Waals surface area contributed by atoms with Crippen LogP contribution in [0.2, 0.25) is 0 Å². The van der Waals surface area contributed by atoms with Crippen molar-refractivity contribution in [1.29, 1.82) is 0 Å². The van der Waals surface area contributed by atoms with E-state index < -0.39 is 0 Å². The molecule has 0 atom stereocenters. The zero-order valence-corrected chi connectivity index (χ0v) is 13.5. The van der Waals surface area contributed by atoms with Crippen molar-refractivity contribution in [2.75, 3.05) is 36.4 Å². The van der Waals surface area contributed by atoms with Crippen LogP contribution in [0, 0.1) is 12.3 Å². The summed E-state index contributed by atoms with van der Waals surface area (Å²) in [4.78, 5) is 11.6. The van der Waals surface area contributed by atoms with Crippen LogP contribution < -0.4 is 15.5 Å². The van der Waals surface area contributed by atoms with Gasteiger partial charge in [-0.2, -0.15) is 10.1 Å². The maximum absolute atomic E-state index is 4.70. The van der Waals surface area contributed by atoms with Crippen molar-refractivity contribution < 1.29 is 0 Å². The Morgan fingerprint density at radius 2 is 2.04 bits per heavy atom. The van der Waals surface area contributed by atoms with Gasteiger partial charge in [0, 0.05) is 54.4 Å². The summed E-state index contributed by atoms with van der Waals surface area (Å²) in [7, 11) is 0. The van der Waals surface area contributed by atoms with Crippen LogP contribution >= 0.6 is 0 Å². The molecule has 122 valence electrons. The van der Waals surface area contributed by atoms with Gasteiger partial charge in [-0.3, -0.25) is 5.10 Å². The number of aryl methyl sites for hydroxylation is 1. The van der Waals surface area contributed by atoms with E-state index in [0.29, 0.717) is 5.41 Å². The molecule has 0 aliphatic carbocycles. The zero-order chi connectivity index (χ0) is 16.1. The van der Waals surface area contributed by atoms with E-state index in [9.17, 15) is 0 Å². The molecule has 3 aromatic rings. The smallest absolute Gasteiger partial charge is 0.227 e. The zero-order valence-electron chi connectivity index (χ0n) is 13.5. The number of hydrogen-bond acceptors (Lipinski definition) is 6. The van der Waals surface area contributed by atoms with E-state index >= 15 is 0 Å². The monoisotopic (exact) mass is 321 g/mol. The minimum atomic E-state index is 0.465. The molecule has 3 N–H and O–H groups in total. The molecule has 0 amide bonds. The predicted octanol–water partition coefficient (Wildman–Crippen LogP) is 1.81. The lowest BCUT2D eigenvalue weighted by molar-refractivity contribution is 0.119. The molecule has 1 spiro atoms. The van der Waals surface area contributed by atoms with Crippen molar-refractivity contribution in [2.45, 2.75) is 6.92 Å². The van der Waals surface area contributed by atoms with Crippen LogP contribution in [0.5, 0.6) is 0 Å². The first-order valence-corrected chi connectivity index (χ1v) is 8.21. The molecule has 7 nitrogen and oxygen atoms in total. The number of H-pyrrole nitrogens is 1. The number of benzene rings is 1. The van der Waals surface area contributed by atoms with Crippen molar-refractivity contribution in [3.8, 4) is 0 Å². The molecule has 24 heavy (non-hydrogen) atoms. The Hall–Kier alpha value is -2.67. The molecule has 2 saturated heterocycles. The average Bonchev–Trinajstić information content (AvgIpc) is 2.91. The highest BCUT2D eigenvalue weighted by molar-refractivity contribution is 5.82. The molecule has 1 aromatic carbocycles. The first-order chi connectivity index (χ1) is 11.7. The largest absolute Gasteiger partial charge is 0.340 e. The maximum Gasteiger partial charge on any atom is 0.227 e. The summed E-state index contributed by atoms with van der Waals surface area (Å²) in [6.07, 6.45) is 1.82. The molecule has 2 aliphatic rings. The molecular weight excluding hydrogens is 302 g/mol. The number of hydrogen-bond donors (Lipinski definition) is 3. The lowest BCUT2D eigenvalue weighted by Gasteiger charge is -2.56. The van der Waals surface area contributed by atoms with Gasteiger partial charge in [0.2, 0.25) is 5.95 Å². The van der Waals surface area contributed by atoms with Crippen LogP contribution in [0.4, 0.5) is 17.5 Å². The summed E-state index contributed by atoms with van der Waals surface area (Å²) < 4.78 is 0. The van der Waals surface area contributed by atoms with Gasteiger partial charge in [0.25, 0.3) is 0 Å². The summed E-state index contributed by atoms with van der Waals surface area (Å²) in [5.41, 5.74) is 3.46. The van der Waals surface area contributed by atoms with Gasteiger partial charge in [-0.05, 0) is 25.1 Å². The van der Waals surface area contributed by atoms with Gasteiger partial charge in [0.05, 0.1) is 11.7 Å². The topological polar surface area (TPSA) is 81.8 Å². The standard InChI is InChI=1S/C17H19N7/c1-11-4-15(21-13-2-3-14-12(5-13)6-19-23-14)22-16(20-11)24-9-17(10-24)7-18-8-17/h2-6,18H,7-10H2,1H3,(H,19,23)(H,20,21,22). The third kappa shape index (κ3) is 2.20. The molecule has 0 unspecified atom stereocenters. The Labute approximate surface area is 139 Å². The summed E-state index contributed by atoms with van der Waals surface area (Å²) >= 11 is 0. The highest BCUT2D eigenvalue weighted by Crippen LogP contribution is 2.36. The molecule has 2 aliphatic heterocycles. The Balaban J connectivity index is 1.39. The second kappa shape index (κ2) is 4.91. The lowest BCUT2D eigenvalue weighted by Crippen LogP contribution is -2.71. The van der Waals surface area contributed by atoms with Gasteiger partial charge < -0.3 is 15.5 Å². The van der Waals surface area contributed by atoms with Gasteiger partial charge in [-0.15, -0.1) is 0 Å². The number of fused-ring (bicyclic) bond motifs is 1. The van der Waals surface area contributed by atoms with Crippen molar-refractivity contribution in [2.24, 2.45) is 5.41 Å². The van der Waals surface area contributed by atoms with E-state index in [-0.39, 0.29) is 0 Å². The summed E-state index contributed by atoms with van der Waals surface area (Å²) in [5.74, 6) is 1.65. The number of rotatable bonds is 3. The maximum atomic E-state index is 4.70. The van der Waals surface area contributed by atoms with Gasteiger partial charge in [-0.1, -0.05) is 0 Å². The number of anilines is 3. The molecule has 0 bridgehead atoms. The van der Waals surface area contributed by atoms with Crippen LogP contribution in [0.1, 0.15) is 5.69 Å². The van der Waals surface area contributed by atoms with E-state index in [1.807, 2.05) is 31.3 Å². The van der Waals surface area contributed by atoms with Crippen molar-refractivity contribution in [3.05, 3.63) is 36.2 Å². The third-order valence-electron chi connectivity index (χ3n) is 4.89. The second-order valence-corrected chi connectivity index (χ2v) is 6.95. The summed E-state index contributed by atoms with van der Waals surface area (Å²) in [6, 6.07) is 8.08. The number of aromatic nitrogens is 4. The minimum Gasteiger partial charge on any atom is -0.340 e. The van der Waals surface area contributed by atoms with Gasteiger partial charge in [0.15, 0.2) is 0 Å². The second-order valence-electron chi connectivity index (χ2n) is 6.95. The van der Waals surface area contributed by atoms with E-state index in [0.717, 1.165) is 60.2 Å². The molecule has 4 heterocycles. The Bertz CT molecular complexity index is 904. The fourth-order valence-corrected chi connectivity index (χ4v) is 3.53. The first kappa shape index (κ1) is 13.7. The molecule has 2 aromatic heterocycles. The summed E-state index contributed by atoms with van der Waals surface area (Å²) in [6.45, 7) is 6.33. The van der Waals surface area contributed by atoms with Crippen LogP contribution in [-0.4, -0.2) is 46.3 Å². The SMILES string of the molecule is Cc1cc(Nc2ccc3[nH]ncc3c2)nc(N2CC3(CNC3)C2)n1. The van der Waals surface area contributed by atoms with E-state index in [1.165, 1.54) is 0 Å². The van der Waals surface area contributed by atoms with Gasteiger partial charge in [-0.25, -0.2) is 4.98 Å². The highest BCUT2D eigenvalue weighted by atomic mass is 15.3. The lowest BCUT2D eigenvalue weighted by atomic mass is 9.75. The van der Waals surface area contributed by atoms with Crippen LogP contribution in [0.25, 0.3) is 10.9 Å². The fraction of sp³-hybridized carbons (Fsp3) is 0.353. The average molecular weight is 321 g/mol. The first-order valence-electron chi connectivity index (χ1n) is 8.21. The van der Waals surface area contributed by atoms with Gasteiger partial charge in [0.1, 0.15) is 5.82 Å². The molecule has 5 rings (SSSR count). The van der Waals surface area contributed by atoms with E-state index in [2.05, 4.69) is 36.8 Å². The van der Waals surface area contributed by atoms with Crippen molar-refractivity contribution >= 4 is 28.4 Å².